The molecule has 0 amide bonds. The molecule has 17 nitrogen and oxygen atoms in total. The minimum Gasteiger partial charge on any atom is -0.462 e. The molecule has 6 atom stereocenters. The Kier molecular flexibility index (Phi) is 74.1. The number of rotatable bonds is 83. The van der Waals surface area contributed by atoms with Gasteiger partial charge in [0.15, 0.2) is 12.2 Å². The summed E-state index contributed by atoms with van der Waals surface area (Å²) in [6, 6.07) is 0. The molecule has 0 radical (unpaired) electrons. The van der Waals surface area contributed by atoms with Gasteiger partial charge in [0.25, 0.3) is 0 Å². The van der Waals surface area contributed by atoms with Gasteiger partial charge in [-0.15, -0.1) is 0 Å². The number of phosphoric acid groups is 2. The van der Waals surface area contributed by atoms with Crippen LogP contribution in [0.3, 0.4) is 0 Å². The summed E-state index contributed by atoms with van der Waals surface area (Å²) in [6.07, 6.45) is 66.8. The quantitative estimate of drug-likeness (QED) is 0.0222. The first-order valence-electron chi connectivity index (χ1n) is 43.5. The van der Waals surface area contributed by atoms with Gasteiger partial charge in [0.1, 0.15) is 19.3 Å². The van der Waals surface area contributed by atoms with Crippen LogP contribution in [0.25, 0.3) is 0 Å². The number of carbonyl (C=O) groups is 4. The maximum Gasteiger partial charge on any atom is 0.472 e. The zero-order chi connectivity index (χ0) is 75.6. The van der Waals surface area contributed by atoms with Gasteiger partial charge >= 0.3 is 39.5 Å². The van der Waals surface area contributed by atoms with Crippen LogP contribution in [0.4, 0.5) is 0 Å². The zero-order valence-electron chi connectivity index (χ0n) is 67.6. The number of esters is 4. The summed E-state index contributed by atoms with van der Waals surface area (Å²) in [5.74, 6) is -0.501. The number of aliphatic hydroxyl groups excluding tert-OH is 1. The number of hydrogen-bond donors (Lipinski definition) is 3. The third-order valence-corrected chi connectivity index (χ3v) is 22.0. The molecule has 0 saturated carbocycles. The molecule has 0 saturated heterocycles. The van der Waals surface area contributed by atoms with Gasteiger partial charge in [0.05, 0.1) is 26.4 Å². The van der Waals surface area contributed by atoms with E-state index in [0.29, 0.717) is 25.7 Å². The second-order valence-corrected chi connectivity index (χ2v) is 33.8. The number of hydrogen-bond acceptors (Lipinski definition) is 15. The lowest BCUT2D eigenvalue weighted by molar-refractivity contribution is -0.161. The van der Waals surface area contributed by atoms with E-state index in [1.165, 1.54) is 263 Å². The van der Waals surface area contributed by atoms with Crippen LogP contribution in [0.1, 0.15) is 446 Å². The zero-order valence-corrected chi connectivity index (χ0v) is 69.4. The van der Waals surface area contributed by atoms with Crippen molar-refractivity contribution in [3.63, 3.8) is 0 Å². The predicted molar refractivity (Wildman–Crippen MR) is 423 cm³/mol. The van der Waals surface area contributed by atoms with Gasteiger partial charge in [0.2, 0.25) is 0 Å². The fourth-order valence-corrected chi connectivity index (χ4v) is 14.6. The Bertz CT molecular complexity index is 1980. The Morgan fingerprint density at radius 1 is 0.282 bits per heavy atom. The average molecular weight is 1510 g/mol. The smallest absolute Gasteiger partial charge is 0.462 e. The molecule has 3 N–H and O–H groups in total. The summed E-state index contributed by atoms with van der Waals surface area (Å²) < 4.78 is 68.7. The van der Waals surface area contributed by atoms with Crippen molar-refractivity contribution in [2.24, 2.45) is 11.8 Å². The van der Waals surface area contributed by atoms with Crippen LogP contribution in [0.2, 0.25) is 0 Å². The summed E-state index contributed by atoms with van der Waals surface area (Å²) in [4.78, 5) is 73.0. The second kappa shape index (κ2) is 75.5. The van der Waals surface area contributed by atoms with E-state index in [1.54, 1.807) is 0 Å². The van der Waals surface area contributed by atoms with E-state index < -0.39 is 97.5 Å². The molecule has 0 aliphatic carbocycles. The highest BCUT2D eigenvalue weighted by Crippen LogP contribution is 2.45. The highest BCUT2D eigenvalue weighted by atomic mass is 31.2. The molecule has 0 aromatic rings. The van der Waals surface area contributed by atoms with Crippen LogP contribution in [-0.2, 0) is 65.4 Å². The van der Waals surface area contributed by atoms with Crippen molar-refractivity contribution in [1.82, 2.24) is 0 Å². The lowest BCUT2D eigenvalue weighted by Gasteiger charge is -2.21. The molecule has 0 aliphatic rings. The van der Waals surface area contributed by atoms with E-state index in [-0.39, 0.29) is 25.7 Å². The Morgan fingerprint density at radius 2 is 0.495 bits per heavy atom. The maximum absolute atomic E-state index is 13.1. The van der Waals surface area contributed by atoms with E-state index in [9.17, 15) is 43.2 Å². The largest absolute Gasteiger partial charge is 0.472 e. The van der Waals surface area contributed by atoms with Crippen molar-refractivity contribution < 1.29 is 80.2 Å². The first-order chi connectivity index (χ1) is 49.9. The van der Waals surface area contributed by atoms with Crippen molar-refractivity contribution in [1.29, 1.82) is 0 Å². The average Bonchev–Trinajstić information content (AvgIpc) is 0.908. The Hall–Kier alpha value is -1.94. The fourth-order valence-electron chi connectivity index (χ4n) is 13.0. The van der Waals surface area contributed by atoms with Gasteiger partial charge in [0, 0.05) is 25.7 Å². The first-order valence-corrected chi connectivity index (χ1v) is 46.5. The third kappa shape index (κ3) is 76.6. The van der Waals surface area contributed by atoms with Gasteiger partial charge in [-0.25, -0.2) is 9.13 Å². The van der Waals surface area contributed by atoms with Crippen LogP contribution < -0.4 is 0 Å². The lowest BCUT2D eigenvalue weighted by atomic mass is 9.99. The standard InChI is InChI=1S/C84H164O17P2/c1-7-10-12-14-16-18-19-20-21-22-23-24-28-31-34-37-43-49-55-61-67-82(87)95-73-80(100-83(88)68-62-56-50-44-38-35-32-29-26-25-27-30-33-36-42-47-53-59-65-77(6)9-3)75-99-103(92,93)97-71-78(85)70-96-102(90,91)98-74-79(72-94-81(86)66-60-54-48-40-17-15-13-11-8-2)101-84(89)69-63-57-51-45-39-41-46-52-58-64-76(4)5/h76-80,85H,7-75H2,1-6H3,(H,90,91)(H,92,93)/t77?,78-,79+,80+/m0/s1. The molecule has 0 fully saturated rings. The Balaban J connectivity index is 5.18. The van der Waals surface area contributed by atoms with Crippen molar-refractivity contribution in [3.8, 4) is 0 Å². The summed E-state index contributed by atoms with van der Waals surface area (Å²) in [7, 11) is -9.92. The van der Waals surface area contributed by atoms with Gasteiger partial charge in [-0.05, 0) is 37.5 Å². The topological polar surface area (TPSA) is 237 Å². The van der Waals surface area contributed by atoms with Crippen molar-refractivity contribution in [2.75, 3.05) is 39.6 Å². The van der Waals surface area contributed by atoms with E-state index >= 15 is 0 Å². The maximum atomic E-state index is 13.1. The molecule has 0 spiro atoms. The Morgan fingerprint density at radius 3 is 0.738 bits per heavy atom. The Labute approximate surface area is 632 Å². The summed E-state index contributed by atoms with van der Waals surface area (Å²) in [6.45, 7) is 9.67. The van der Waals surface area contributed by atoms with E-state index in [2.05, 4.69) is 41.5 Å². The van der Waals surface area contributed by atoms with Gasteiger partial charge in [-0.3, -0.25) is 37.3 Å². The summed E-state index contributed by atoms with van der Waals surface area (Å²) >= 11 is 0. The number of aliphatic hydroxyl groups is 1. The fraction of sp³-hybridized carbons (Fsp3) is 0.952. The van der Waals surface area contributed by atoms with Crippen molar-refractivity contribution in [3.05, 3.63) is 0 Å². The number of carbonyl (C=O) groups excluding carboxylic acids is 4. The molecule has 0 aromatic heterocycles. The van der Waals surface area contributed by atoms with Gasteiger partial charge < -0.3 is 33.8 Å². The second-order valence-electron chi connectivity index (χ2n) is 30.9. The van der Waals surface area contributed by atoms with Crippen LogP contribution in [0.15, 0.2) is 0 Å². The molecule has 0 rings (SSSR count). The van der Waals surface area contributed by atoms with Crippen molar-refractivity contribution >= 4 is 39.5 Å². The van der Waals surface area contributed by atoms with Crippen LogP contribution >= 0.6 is 15.6 Å². The predicted octanol–water partition coefficient (Wildman–Crippen LogP) is 25.5. The van der Waals surface area contributed by atoms with Gasteiger partial charge in [-0.2, -0.15) is 0 Å². The third-order valence-electron chi connectivity index (χ3n) is 20.1. The molecular formula is C84H164O17P2. The van der Waals surface area contributed by atoms with Crippen LogP contribution in [-0.4, -0.2) is 96.7 Å². The molecule has 612 valence electrons. The van der Waals surface area contributed by atoms with Gasteiger partial charge in [-0.1, -0.05) is 395 Å². The molecule has 0 bridgehead atoms. The number of ether oxygens (including phenoxy) is 4. The SMILES string of the molecule is CCCCCCCCCCCCCCCCCCCCCCC(=O)OC[C@H](COP(=O)(O)OC[C@@H](O)COP(=O)(O)OC[C@@H](COC(=O)CCCCCCCCCCC)OC(=O)CCCCCCCCCCCC(C)C)OC(=O)CCCCCCCCCCCCCCCCCCCCC(C)CC. The summed E-state index contributed by atoms with van der Waals surface area (Å²) in [5.41, 5.74) is 0. The first kappa shape index (κ1) is 101. The van der Waals surface area contributed by atoms with E-state index in [0.717, 1.165) is 102 Å². The minimum absolute atomic E-state index is 0.106. The van der Waals surface area contributed by atoms with Crippen molar-refractivity contribution in [2.45, 2.75) is 464 Å². The van der Waals surface area contributed by atoms with E-state index in [1.807, 2.05) is 0 Å². The molecule has 3 unspecified atom stereocenters. The molecule has 103 heavy (non-hydrogen) atoms. The molecule has 19 heteroatoms. The van der Waals surface area contributed by atoms with E-state index in [4.69, 9.17) is 37.0 Å². The summed E-state index contributed by atoms with van der Waals surface area (Å²) in [5, 5.41) is 10.6. The molecule has 0 heterocycles. The highest BCUT2D eigenvalue weighted by Gasteiger charge is 2.30. The van der Waals surface area contributed by atoms with Crippen LogP contribution in [0.5, 0.6) is 0 Å². The molecular weight excluding hydrogens is 1340 g/mol. The molecule has 0 aromatic carbocycles. The number of phosphoric ester groups is 2. The normalized spacial score (nSPS) is 14.1. The lowest BCUT2D eigenvalue weighted by Crippen LogP contribution is -2.30. The number of unbranched alkanes of at least 4 members (excludes halogenated alkanes) is 52. The monoisotopic (exact) mass is 1510 g/mol. The minimum atomic E-state index is -4.96. The molecule has 0 aliphatic heterocycles. The highest BCUT2D eigenvalue weighted by molar-refractivity contribution is 7.47. The van der Waals surface area contributed by atoms with Crippen LogP contribution in [0, 0.1) is 11.8 Å².